The molecule has 1 aromatic rings. The van der Waals surface area contributed by atoms with Gasteiger partial charge in [-0.05, 0) is 59.9 Å². The van der Waals surface area contributed by atoms with Crippen LogP contribution in [0.5, 0.6) is 0 Å². The van der Waals surface area contributed by atoms with Crippen LogP contribution in [-0.2, 0) is 16.1 Å². The summed E-state index contributed by atoms with van der Waals surface area (Å²) in [6.45, 7) is 12.1. The van der Waals surface area contributed by atoms with Gasteiger partial charge in [-0.25, -0.2) is 4.79 Å². The zero-order valence-electron chi connectivity index (χ0n) is 17.5. The summed E-state index contributed by atoms with van der Waals surface area (Å²) in [6, 6.07) is 9.93. The molecule has 0 radical (unpaired) electrons. The Kier molecular flexibility index (Phi) is 9.29. The SMILES string of the molecule is CC(C)NC(=O)C(C)NC(=O)OC(C)(C)CCC(C)NCc1ccccc1. The highest BCUT2D eigenvalue weighted by Gasteiger charge is 2.25. The molecule has 2 unspecified atom stereocenters. The zero-order valence-corrected chi connectivity index (χ0v) is 17.5. The van der Waals surface area contributed by atoms with Gasteiger partial charge in [0.1, 0.15) is 11.6 Å². The van der Waals surface area contributed by atoms with Gasteiger partial charge in [0.15, 0.2) is 0 Å². The van der Waals surface area contributed by atoms with Gasteiger partial charge < -0.3 is 20.7 Å². The van der Waals surface area contributed by atoms with E-state index < -0.39 is 17.7 Å². The van der Waals surface area contributed by atoms with Crippen LogP contribution in [0, 0.1) is 0 Å². The van der Waals surface area contributed by atoms with Crippen molar-refractivity contribution in [3.8, 4) is 0 Å². The average molecular weight is 378 g/mol. The first-order valence-electron chi connectivity index (χ1n) is 9.66. The molecule has 0 heterocycles. The molecule has 0 aliphatic rings. The Morgan fingerprint density at radius 2 is 1.67 bits per heavy atom. The summed E-state index contributed by atoms with van der Waals surface area (Å²) in [5, 5.41) is 8.83. The lowest BCUT2D eigenvalue weighted by atomic mass is 9.99. The van der Waals surface area contributed by atoms with E-state index in [0.717, 1.165) is 19.4 Å². The molecule has 0 fully saturated rings. The lowest BCUT2D eigenvalue weighted by molar-refractivity contribution is -0.123. The topological polar surface area (TPSA) is 79.5 Å². The van der Waals surface area contributed by atoms with E-state index in [1.54, 1.807) is 6.92 Å². The van der Waals surface area contributed by atoms with Crippen molar-refractivity contribution in [2.24, 2.45) is 0 Å². The van der Waals surface area contributed by atoms with Crippen molar-refractivity contribution >= 4 is 12.0 Å². The summed E-state index contributed by atoms with van der Waals surface area (Å²) in [5.74, 6) is -0.224. The van der Waals surface area contributed by atoms with Gasteiger partial charge in [0.2, 0.25) is 5.91 Å². The third kappa shape index (κ3) is 9.99. The molecule has 0 aliphatic carbocycles. The average Bonchev–Trinajstić information content (AvgIpc) is 2.58. The van der Waals surface area contributed by atoms with Crippen LogP contribution in [0.3, 0.4) is 0 Å². The molecule has 3 N–H and O–H groups in total. The predicted molar refractivity (Wildman–Crippen MR) is 108 cm³/mol. The predicted octanol–water partition coefficient (Wildman–Crippen LogP) is 3.36. The first-order chi connectivity index (χ1) is 12.6. The monoisotopic (exact) mass is 377 g/mol. The third-order valence-electron chi connectivity index (χ3n) is 4.20. The lowest BCUT2D eigenvalue weighted by Gasteiger charge is -2.27. The maximum Gasteiger partial charge on any atom is 0.408 e. The number of amides is 2. The van der Waals surface area contributed by atoms with Gasteiger partial charge in [-0.1, -0.05) is 30.3 Å². The molecule has 0 aliphatic heterocycles. The fourth-order valence-electron chi connectivity index (χ4n) is 2.54. The minimum Gasteiger partial charge on any atom is -0.444 e. The number of alkyl carbamates (subject to hydrolysis) is 1. The number of rotatable bonds is 10. The fourth-order valence-corrected chi connectivity index (χ4v) is 2.54. The van der Waals surface area contributed by atoms with Gasteiger partial charge in [0, 0.05) is 18.6 Å². The fraction of sp³-hybridized carbons (Fsp3) is 0.619. The minimum absolute atomic E-state index is 0.0269. The summed E-state index contributed by atoms with van der Waals surface area (Å²) in [7, 11) is 0. The maximum atomic E-state index is 12.1. The van der Waals surface area contributed by atoms with E-state index in [0.29, 0.717) is 6.04 Å². The van der Waals surface area contributed by atoms with Crippen LogP contribution in [0.4, 0.5) is 4.79 Å². The first kappa shape index (κ1) is 23.0. The number of carbonyl (C=O) groups is 2. The van der Waals surface area contributed by atoms with E-state index in [2.05, 4.69) is 35.0 Å². The van der Waals surface area contributed by atoms with Crippen molar-refractivity contribution < 1.29 is 14.3 Å². The Hall–Kier alpha value is -2.08. The molecular formula is C21H35N3O3. The molecule has 1 aromatic carbocycles. The maximum absolute atomic E-state index is 12.1. The molecule has 0 aromatic heterocycles. The van der Waals surface area contributed by atoms with Gasteiger partial charge in [-0.15, -0.1) is 0 Å². The highest BCUT2D eigenvalue weighted by atomic mass is 16.6. The number of hydrogen-bond donors (Lipinski definition) is 3. The summed E-state index contributed by atoms with van der Waals surface area (Å²) in [5.41, 5.74) is 0.633. The van der Waals surface area contributed by atoms with E-state index in [9.17, 15) is 9.59 Å². The molecule has 27 heavy (non-hydrogen) atoms. The Labute approximate surface area is 163 Å². The van der Waals surface area contributed by atoms with Crippen molar-refractivity contribution in [1.29, 1.82) is 0 Å². The Bertz CT molecular complexity index is 588. The smallest absolute Gasteiger partial charge is 0.408 e. The van der Waals surface area contributed by atoms with Crippen LogP contribution in [0.25, 0.3) is 0 Å². The highest BCUT2D eigenvalue weighted by Crippen LogP contribution is 2.18. The highest BCUT2D eigenvalue weighted by molar-refractivity contribution is 5.85. The molecule has 2 amide bonds. The van der Waals surface area contributed by atoms with Gasteiger partial charge in [0.25, 0.3) is 0 Å². The van der Waals surface area contributed by atoms with Crippen molar-refractivity contribution in [2.45, 2.75) is 84.7 Å². The number of hydrogen-bond acceptors (Lipinski definition) is 4. The van der Waals surface area contributed by atoms with Crippen LogP contribution in [0.2, 0.25) is 0 Å². The molecule has 0 spiro atoms. The lowest BCUT2D eigenvalue weighted by Crippen LogP contribution is -2.48. The standard InChI is InChI=1S/C21H35N3O3/c1-15(2)23-19(25)17(4)24-20(26)27-21(5,6)13-12-16(3)22-14-18-10-8-7-9-11-18/h7-11,15-17,22H,12-14H2,1-6H3,(H,23,25)(H,24,26). The van der Waals surface area contributed by atoms with E-state index in [1.807, 2.05) is 45.9 Å². The van der Waals surface area contributed by atoms with Crippen molar-refractivity contribution in [3.05, 3.63) is 35.9 Å². The molecule has 6 nitrogen and oxygen atoms in total. The van der Waals surface area contributed by atoms with Gasteiger partial charge in [0.05, 0.1) is 0 Å². The van der Waals surface area contributed by atoms with Crippen LogP contribution in [0.1, 0.15) is 59.9 Å². The zero-order chi connectivity index (χ0) is 20.4. The van der Waals surface area contributed by atoms with Gasteiger partial charge in [-0.3, -0.25) is 4.79 Å². The number of nitrogens with one attached hydrogen (secondary N) is 3. The summed E-state index contributed by atoms with van der Waals surface area (Å²) in [4.78, 5) is 24.0. The number of benzene rings is 1. The Balaban J connectivity index is 2.34. The molecule has 0 bridgehead atoms. The van der Waals surface area contributed by atoms with E-state index >= 15 is 0 Å². The molecule has 0 saturated heterocycles. The molecule has 2 atom stereocenters. The second-order valence-corrected chi connectivity index (χ2v) is 7.98. The summed E-state index contributed by atoms with van der Waals surface area (Å²) in [6.07, 6.45) is 1.02. The summed E-state index contributed by atoms with van der Waals surface area (Å²) < 4.78 is 5.52. The van der Waals surface area contributed by atoms with Gasteiger partial charge in [-0.2, -0.15) is 0 Å². The molecule has 0 saturated carbocycles. The Morgan fingerprint density at radius 1 is 1.04 bits per heavy atom. The number of carbonyl (C=O) groups excluding carboxylic acids is 2. The minimum atomic E-state index is -0.637. The van der Waals surface area contributed by atoms with Crippen molar-refractivity contribution in [3.63, 3.8) is 0 Å². The van der Waals surface area contributed by atoms with Gasteiger partial charge >= 0.3 is 6.09 Å². The van der Waals surface area contributed by atoms with Crippen molar-refractivity contribution in [1.82, 2.24) is 16.0 Å². The van der Waals surface area contributed by atoms with E-state index in [4.69, 9.17) is 4.74 Å². The second-order valence-electron chi connectivity index (χ2n) is 7.98. The van der Waals surface area contributed by atoms with E-state index in [1.165, 1.54) is 5.56 Å². The second kappa shape index (κ2) is 10.9. The Morgan fingerprint density at radius 3 is 2.26 bits per heavy atom. The first-order valence-corrected chi connectivity index (χ1v) is 9.66. The van der Waals surface area contributed by atoms with E-state index in [-0.39, 0.29) is 11.9 Å². The quantitative estimate of drug-likeness (QED) is 0.584. The molecule has 152 valence electrons. The molecule has 1 rings (SSSR count). The summed E-state index contributed by atoms with van der Waals surface area (Å²) >= 11 is 0. The molecule has 6 heteroatoms. The van der Waals surface area contributed by atoms with Crippen molar-refractivity contribution in [2.75, 3.05) is 0 Å². The number of ether oxygens (including phenoxy) is 1. The van der Waals surface area contributed by atoms with Crippen LogP contribution >= 0.6 is 0 Å². The van der Waals surface area contributed by atoms with Crippen LogP contribution in [0.15, 0.2) is 30.3 Å². The molecular weight excluding hydrogens is 342 g/mol. The largest absolute Gasteiger partial charge is 0.444 e. The normalized spacial score (nSPS) is 13.7. The third-order valence-corrected chi connectivity index (χ3v) is 4.20. The van der Waals surface area contributed by atoms with Crippen LogP contribution in [-0.4, -0.2) is 35.7 Å². The van der Waals surface area contributed by atoms with Crippen LogP contribution < -0.4 is 16.0 Å².